The van der Waals surface area contributed by atoms with Crippen LogP contribution in [0.3, 0.4) is 0 Å². The molecule has 1 saturated heterocycles. The molecule has 1 fully saturated rings. The Labute approximate surface area is 99.6 Å². The largest absolute Gasteiger partial charge is 0.334 e. The molecule has 0 aromatic heterocycles. The molecule has 0 spiro atoms. The molecule has 92 valence electrons. The van der Waals surface area contributed by atoms with E-state index in [1.165, 1.54) is 12.1 Å². The number of rotatable bonds is 2. The van der Waals surface area contributed by atoms with Crippen LogP contribution in [0.15, 0.2) is 24.3 Å². The van der Waals surface area contributed by atoms with E-state index in [2.05, 4.69) is 16.0 Å². The molecule has 1 aliphatic rings. The van der Waals surface area contributed by atoms with Crippen molar-refractivity contribution < 1.29 is 9.18 Å². The quantitative estimate of drug-likeness (QED) is 0.733. The number of piperidine rings is 1. The van der Waals surface area contributed by atoms with Crippen molar-refractivity contribution >= 4 is 11.7 Å². The van der Waals surface area contributed by atoms with E-state index < -0.39 is 0 Å². The molecule has 2 rings (SSSR count). The van der Waals surface area contributed by atoms with E-state index in [1.54, 1.807) is 12.1 Å². The van der Waals surface area contributed by atoms with Gasteiger partial charge in [-0.15, -0.1) is 0 Å². The highest BCUT2D eigenvalue weighted by Gasteiger charge is 2.15. The van der Waals surface area contributed by atoms with Crippen LogP contribution in [0, 0.1) is 5.82 Å². The number of benzene rings is 1. The minimum absolute atomic E-state index is 0.150. The lowest BCUT2D eigenvalue weighted by atomic mass is 10.1. The smallest absolute Gasteiger partial charge is 0.319 e. The molecular weight excluding hydrogens is 221 g/mol. The lowest BCUT2D eigenvalue weighted by Gasteiger charge is -2.23. The molecule has 0 aliphatic carbocycles. The van der Waals surface area contributed by atoms with E-state index in [0.29, 0.717) is 5.69 Å². The Morgan fingerprint density at radius 2 is 2.35 bits per heavy atom. The lowest BCUT2D eigenvalue weighted by molar-refractivity contribution is 0.245. The van der Waals surface area contributed by atoms with Crippen LogP contribution in [-0.4, -0.2) is 25.2 Å². The third kappa shape index (κ3) is 3.71. The van der Waals surface area contributed by atoms with Gasteiger partial charge in [0.25, 0.3) is 0 Å². The second kappa shape index (κ2) is 5.63. The van der Waals surface area contributed by atoms with Crippen LogP contribution < -0.4 is 16.0 Å². The van der Waals surface area contributed by atoms with Crippen LogP contribution in [0.25, 0.3) is 0 Å². The Balaban J connectivity index is 1.84. The number of carbonyl (C=O) groups is 1. The number of nitrogens with one attached hydrogen (secondary N) is 3. The predicted molar refractivity (Wildman–Crippen MR) is 64.4 cm³/mol. The van der Waals surface area contributed by atoms with Gasteiger partial charge in [-0.2, -0.15) is 0 Å². The molecule has 1 atom stereocenters. The van der Waals surface area contributed by atoms with Gasteiger partial charge in [0.05, 0.1) is 0 Å². The fourth-order valence-electron chi connectivity index (χ4n) is 1.89. The van der Waals surface area contributed by atoms with E-state index in [1.807, 2.05) is 0 Å². The molecule has 0 bridgehead atoms. The van der Waals surface area contributed by atoms with Gasteiger partial charge in [0.1, 0.15) is 5.82 Å². The zero-order valence-electron chi connectivity index (χ0n) is 9.50. The molecule has 1 aliphatic heterocycles. The first-order valence-electron chi connectivity index (χ1n) is 5.78. The van der Waals surface area contributed by atoms with Crippen LogP contribution in [0.1, 0.15) is 12.8 Å². The Morgan fingerprint density at radius 1 is 1.47 bits per heavy atom. The van der Waals surface area contributed by atoms with Crippen LogP contribution in [0.4, 0.5) is 14.9 Å². The number of carbonyl (C=O) groups excluding carboxylic acids is 1. The van der Waals surface area contributed by atoms with Crippen molar-refractivity contribution in [3.05, 3.63) is 30.1 Å². The zero-order valence-corrected chi connectivity index (χ0v) is 9.50. The Kier molecular flexibility index (Phi) is 3.93. The second-order valence-electron chi connectivity index (χ2n) is 4.15. The Morgan fingerprint density at radius 3 is 3.06 bits per heavy atom. The summed E-state index contributed by atoms with van der Waals surface area (Å²) < 4.78 is 12.9. The van der Waals surface area contributed by atoms with Gasteiger partial charge >= 0.3 is 6.03 Å². The maximum absolute atomic E-state index is 12.9. The number of amides is 2. The predicted octanol–water partition coefficient (Wildman–Crippen LogP) is 1.70. The van der Waals surface area contributed by atoms with Gasteiger partial charge in [-0.3, -0.25) is 0 Å². The third-order valence-corrected chi connectivity index (χ3v) is 2.71. The van der Waals surface area contributed by atoms with Gasteiger partial charge in [0.15, 0.2) is 0 Å². The van der Waals surface area contributed by atoms with E-state index in [4.69, 9.17) is 0 Å². The minimum atomic E-state index is -0.359. The molecular formula is C12H16FN3O. The summed E-state index contributed by atoms with van der Waals surface area (Å²) in [5.74, 6) is -0.359. The number of halogens is 1. The first-order chi connectivity index (χ1) is 8.24. The summed E-state index contributed by atoms with van der Waals surface area (Å²) in [5, 5.41) is 8.67. The van der Waals surface area contributed by atoms with Gasteiger partial charge in [-0.25, -0.2) is 9.18 Å². The average molecular weight is 237 g/mol. The van der Waals surface area contributed by atoms with Crippen LogP contribution >= 0.6 is 0 Å². The second-order valence-corrected chi connectivity index (χ2v) is 4.15. The molecule has 0 unspecified atom stereocenters. The van der Waals surface area contributed by atoms with Crippen molar-refractivity contribution in [2.45, 2.75) is 18.9 Å². The molecule has 17 heavy (non-hydrogen) atoms. The van der Waals surface area contributed by atoms with Crippen molar-refractivity contribution in [1.29, 1.82) is 0 Å². The van der Waals surface area contributed by atoms with Crippen molar-refractivity contribution in [3.8, 4) is 0 Å². The minimum Gasteiger partial charge on any atom is -0.334 e. The molecule has 1 aromatic carbocycles. The summed E-state index contributed by atoms with van der Waals surface area (Å²) in [6.07, 6.45) is 2.04. The highest BCUT2D eigenvalue weighted by molar-refractivity contribution is 5.89. The van der Waals surface area contributed by atoms with Crippen molar-refractivity contribution in [1.82, 2.24) is 10.6 Å². The van der Waals surface area contributed by atoms with Gasteiger partial charge in [-0.05, 0) is 37.6 Å². The molecule has 1 heterocycles. The summed E-state index contributed by atoms with van der Waals surface area (Å²) in [7, 11) is 0. The molecule has 0 saturated carbocycles. The number of urea groups is 1. The molecule has 2 amide bonds. The van der Waals surface area contributed by atoms with E-state index >= 15 is 0 Å². The maximum atomic E-state index is 12.9. The molecule has 3 N–H and O–H groups in total. The number of anilines is 1. The van der Waals surface area contributed by atoms with Gasteiger partial charge in [-0.1, -0.05) is 6.07 Å². The maximum Gasteiger partial charge on any atom is 0.319 e. The normalized spacial score (nSPS) is 19.7. The van der Waals surface area contributed by atoms with Crippen LogP contribution in [-0.2, 0) is 0 Å². The van der Waals surface area contributed by atoms with Gasteiger partial charge in [0.2, 0.25) is 0 Å². The van der Waals surface area contributed by atoms with E-state index in [-0.39, 0.29) is 17.9 Å². The van der Waals surface area contributed by atoms with Crippen LogP contribution in [0.2, 0.25) is 0 Å². The average Bonchev–Trinajstić information content (AvgIpc) is 2.30. The van der Waals surface area contributed by atoms with Gasteiger partial charge in [0, 0.05) is 18.3 Å². The lowest BCUT2D eigenvalue weighted by Crippen LogP contribution is -2.47. The zero-order chi connectivity index (χ0) is 12.1. The van der Waals surface area contributed by atoms with Crippen molar-refractivity contribution in [2.75, 3.05) is 18.4 Å². The van der Waals surface area contributed by atoms with E-state index in [9.17, 15) is 9.18 Å². The molecule has 5 heteroatoms. The molecule has 4 nitrogen and oxygen atoms in total. The summed E-state index contributed by atoms with van der Waals surface area (Å²) >= 11 is 0. The summed E-state index contributed by atoms with van der Waals surface area (Å²) in [6, 6.07) is 5.71. The monoisotopic (exact) mass is 237 g/mol. The van der Waals surface area contributed by atoms with Crippen molar-refractivity contribution in [2.24, 2.45) is 0 Å². The van der Waals surface area contributed by atoms with Crippen molar-refractivity contribution in [3.63, 3.8) is 0 Å². The van der Waals surface area contributed by atoms with Crippen LogP contribution in [0.5, 0.6) is 0 Å². The number of hydrogen-bond donors (Lipinski definition) is 3. The summed E-state index contributed by atoms with van der Waals surface area (Å²) in [5.41, 5.74) is 0.464. The Hall–Kier alpha value is -1.62. The fraction of sp³-hybridized carbons (Fsp3) is 0.417. The third-order valence-electron chi connectivity index (χ3n) is 2.71. The summed E-state index contributed by atoms with van der Waals surface area (Å²) in [6.45, 7) is 1.79. The molecule has 0 radical (unpaired) electrons. The highest BCUT2D eigenvalue weighted by atomic mass is 19.1. The standard InChI is InChI=1S/C12H16FN3O/c13-9-3-1-4-10(7-9)15-12(17)16-11-5-2-6-14-8-11/h1,3-4,7,11,14H,2,5-6,8H2,(H2,15,16,17)/t11-/m0/s1. The topological polar surface area (TPSA) is 53.2 Å². The van der Waals surface area contributed by atoms with Gasteiger partial charge < -0.3 is 16.0 Å². The SMILES string of the molecule is O=C(Nc1cccc(F)c1)N[C@H]1CCCNC1. The number of hydrogen-bond acceptors (Lipinski definition) is 2. The first-order valence-corrected chi connectivity index (χ1v) is 5.78. The highest BCUT2D eigenvalue weighted by Crippen LogP contribution is 2.09. The molecule has 1 aromatic rings. The van der Waals surface area contributed by atoms with E-state index in [0.717, 1.165) is 25.9 Å². The first kappa shape index (κ1) is 11.9. The fourth-order valence-corrected chi connectivity index (χ4v) is 1.89. The summed E-state index contributed by atoms with van der Waals surface area (Å²) in [4.78, 5) is 11.6. The Bertz CT molecular complexity index is 391.